The van der Waals surface area contributed by atoms with Crippen molar-refractivity contribution in [3.05, 3.63) is 54.7 Å². The molecule has 1 fully saturated rings. The van der Waals surface area contributed by atoms with E-state index in [9.17, 15) is 4.79 Å². The maximum Gasteiger partial charge on any atom is 0.222 e. The second-order valence-electron chi connectivity index (χ2n) is 7.53. The molecule has 1 saturated heterocycles. The third kappa shape index (κ3) is 4.25. The van der Waals surface area contributed by atoms with E-state index in [0.29, 0.717) is 13.0 Å². The molecule has 30 heavy (non-hydrogen) atoms. The molecule has 0 unspecified atom stereocenters. The lowest BCUT2D eigenvalue weighted by atomic mass is 10.0. The summed E-state index contributed by atoms with van der Waals surface area (Å²) in [6, 6.07) is 16.3. The highest BCUT2D eigenvalue weighted by Gasteiger charge is 2.23. The summed E-state index contributed by atoms with van der Waals surface area (Å²) < 4.78 is 12.1. The Hall–Kier alpha value is -3.08. The van der Waals surface area contributed by atoms with Gasteiger partial charge in [0.05, 0.1) is 6.61 Å². The van der Waals surface area contributed by atoms with Gasteiger partial charge in [0.25, 0.3) is 0 Å². The summed E-state index contributed by atoms with van der Waals surface area (Å²) in [5.74, 6) is 1.90. The van der Waals surface area contributed by atoms with Gasteiger partial charge in [-0.25, -0.2) is 0 Å². The first-order valence-electron chi connectivity index (χ1n) is 10.7. The van der Waals surface area contributed by atoms with E-state index in [1.165, 1.54) is 0 Å². The third-order valence-corrected chi connectivity index (χ3v) is 5.58. The van der Waals surface area contributed by atoms with Crippen LogP contribution < -0.4 is 9.47 Å². The Morgan fingerprint density at radius 1 is 1.07 bits per heavy atom. The van der Waals surface area contributed by atoms with Crippen molar-refractivity contribution in [2.24, 2.45) is 0 Å². The van der Waals surface area contributed by atoms with E-state index in [4.69, 9.17) is 9.47 Å². The minimum atomic E-state index is 0.153. The van der Waals surface area contributed by atoms with Crippen LogP contribution in [0.2, 0.25) is 0 Å². The van der Waals surface area contributed by atoms with Crippen molar-refractivity contribution >= 4 is 16.8 Å². The van der Waals surface area contributed by atoms with Gasteiger partial charge in [0.2, 0.25) is 5.91 Å². The molecule has 5 nitrogen and oxygen atoms in total. The average Bonchev–Trinajstić information content (AvgIpc) is 2.80. The molecule has 0 bridgehead atoms. The zero-order valence-corrected chi connectivity index (χ0v) is 17.6. The molecule has 4 rings (SSSR count). The van der Waals surface area contributed by atoms with E-state index in [2.05, 4.69) is 29.2 Å². The Morgan fingerprint density at radius 2 is 1.83 bits per heavy atom. The second-order valence-corrected chi connectivity index (χ2v) is 7.53. The van der Waals surface area contributed by atoms with E-state index >= 15 is 0 Å². The second kappa shape index (κ2) is 9.16. The van der Waals surface area contributed by atoms with Crippen LogP contribution in [-0.2, 0) is 4.79 Å². The van der Waals surface area contributed by atoms with Gasteiger partial charge in [-0.2, -0.15) is 0 Å². The standard InChI is InChI=1S/C25H28N2O3/c1-3-23(28)27-16-13-21(14-17-27)30-20-10-7-18(8-11-20)22-12-9-19-6-5-15-26-24(19)25(22)29-4-2/h5-12,15,21H,3-4,13-14,16-17H2,1-2H3. The van der Waals surface area contributed by atoms with Crippen LogP contribution in [0.25, 0.3) is 22.0 Å². The fourth-order valence-electron chi connectivity index (χ4n) is 3.99. The largest absolute Gasteiger partial charge is 0.491 e. The van der Waals surface area contributed by atoms with Crippen molar-refractivity contribution < 1.29 is 14.3 Å². The Balaban J connectivity index is 1.49. The molecule has 1 amide bonds. The summed E-state index contributed by atoms with van der Waals surface area (Å²) in [6.07, 6.45) is 4.27. The number of benzene rings is 2. The molecule has 156 valence electrons. The summed E-state index contributed by atoms with van der Waals surface area (Å²) >= 11 is 0. The van der Waals surface area contributed by atoms with Crippen molar-refractivity contribution in [2.45, 2.75) is 39.2 Å². The lowest BCUT2D eigenvalue weighted by Crippen LogP contribution is -2.41. The molecule has 1 aromatic heterocycles. The summed E-state index contributed by atoms with van der Waals surface area (Å²) in [6.45, 7) is 6.04. The van der Waals surface area contributed by atoms with Gasteiger partial charge in [-0.15, -0.1) is 0 Å². The van der Waals surface area contributed by atoms with Gasteiger partial charge in [-0.05, 0) is 36.8 Å². The van der Waals surface area contributed by atoms with Crippen molar-refractivity contribution in [3.63, 3.8) is 0 Å². The van der Waals surface area contributed by atoms with Crippen LogP contribution in [0.5, 0.6) is 11.5 Å². The number of amides is 1. The molecule has 2 heterocycles. The van der Waals surface area contributed by atoms with E-state index in [-0.39, 0.29) is 12.0 Å². The van der Waals surface area contributed by atoms with Crippen LogP contribution in [0.4, 0.5) is 0 Å². The Morgan fingerprint density at radius 3 is 2.53 bits per heavy atom. The molecular weight excluding hydrogens is 376 g/mol. The lowest BCUT2D eigenvalue weighted by molar-refractivity contribution is -0.132. The summed E-state index contributed by atoms with van der Waals surface area (Å²) in [7, 11) is 0. The number of nitrogens with zero attached hydrogens (tertiary/aromatic N) is 2. The number of rotatable bonds is 6. The molecule has 5 heteroatoms. The summed E-state index contributed by atoms with van der Waals surface area (Å²) in [5, 5.41) is 1.07. The topological polar surface area (TPSA) is 51.7 Å². The molecule has 0 atom stereocenters. The number of carbonyl (C=O) groups is 1. The average molecular weight is 405 g/mol. The number of ether oxygens (including phenoxy) is 2. The number of hydrogen-bond acceptors (Lipinski definition) is 4. The molecule has 3 aromatic rings. The highest BCUT2D eigenvalue weighted by Crippen LogP contribution is 2.36. The minimum absolute atomic E-state index is 0.153. The zero-order valence-electron chi connectivity index (χ0n) is 17.6. The number of fused-ring (bicyclic) bond motifs is 1. The predicted octanol–water partition coefficient (Wildman–Crippen LogP) is 5.08. The van der Waals surface area contributed by atoms with Gasteiger partial charge in [0.1, 0.15) is 17.4 Å². The van der Waals surface area contributed by atoms with Crippen LogP contribution in [0.3, 0.4) is 0 Å². The molecule has 1 aliphatic rings. The van der Waals surface area contributed by atoms with E-state index in [1.54, 1.807) is 6.20 Å². The first-order chi connectivity index (χ1) is 14.7. The van der Waals surface area contributed by atoms with E-state index in [1.807, 2.05) is 43.0 Å². The minimum Gasteiger partial charge on any atom is -0.491 e. The van der Waals surface area contributed by atoms with E-state index < -0.39 is 0 Å². The van der Waals surface area contributed by atoms with Crippen LogP contribution in [-0.4, -0.2) is 41.6 Å². The Bertz CT molecular complexity index is 1010. The van der Waals surface area contributed by atoms with Gasteiger partial charge in [-0.1, -0.05) is 31.2 Å². The van der Waals surface area contributed by atoms with Crippen LogP contribution in [0.15, 0.2) is 54.7 Å². The Kier molecular flexibility index (Phi) is 6.17. The molecule has 0 spiro atoms. The zero-order chi connectivity index (χ0) is 20.9. The molecule has 0 saturated carbocycles. The number of pyridine rings is 1. The number of carbonyl (C=O) groups excluding carboxylic acids is 1. The van der Waals surface area contributed by atoms with Crippen molar-refractivity contribution in [1.29, 1.82) is 0 Å². The van der Waals surface area contributed by atoms with E-state index in [0.717, 1.165) is 59.5 Å². The number of piperidine rings is 1. The smallest absolute Gasteiger partial charge is 0.222 e. The fourth-order valence-corrected chi connectivity index (χ4v) is 3.99. The van der Waals surface area contributed by atoms with Crippen LogP contribution in [0.1, 0.15) is 33.1 Å². The number of likely N-dealkylation sites (tertiary alicyclic amines) is 1. The van der Waals surface area contributed by atoms with Gasteiger partial charge in [0, 0.05) is 49.5 Å². The highest BCUT2D eigenvalue weighted by molar-refractivity contribution is 5.92. The SMILES string of the molecule is CCOc1c(-c2ccc(OC3CCN(C(=O)CC)CC3)cc2)ccc2cccnc12. The molecule has 0 radical (unpaired) electrons. The quantitative estimate of drug-likeness (QED) is 0.575. The summed E-state index contributed by atoms with van der Waals surface area (Å²) in [4.78, 5) is 18.3. The van der Waals surface area contributed by atoms with Gasteiger partial charge < -0.3 is 14.4 Å². The fraction of sp³-hybridized carbons (Fsp3) is 0.360. The van der Waals surface area contributed by atoms with Gasteiger partial charge in [0.15, 0.2) is 5.75 Å². The molecular formula is C25H28N2O3. The number of hydrogen-bond donors (Lipinski definition) is 0. The van der Waals surface area contributed by atoms with Crippen molar-refractivity contribution in [3.8, 4) is 22.6 Å². The first kappa shape index (κ1) is 20.2. The lowest BCUT2D eigenvalue weighted by Gasteiger charge is -2.32. The maximum atomic E-state index is 11.8. The predicted molar refractivity (Wildman–Crippen MR) is 119 cm³/mol. The van der Waals surface area contributed by atoms with Crippen LogP contribution >= 0.6 is 0 Å². The van der Waals surface area contributed by atoms with Gasteiger partial charge >= 0.3 is 0 Å². The molecule has 1 aliphatic heterocycles. The summed E-state index contributed by atoms with van der Waals surface area (Å²) in [5.41, 5.74) is 2.98. The first-order valence-corrected chi connectivity index (χ1v) is 10.7. The number of aromatic nitrogens is 1. The van der Waals surface area contributed by atoms with Crippen LogP contribution in [0, 0.1) is 0 Å². The molecule has 0 N–H and O–H groups in total. The maximum absolute atomic E-state index is 11.8. The normalized spacial score (nSPS) is 14.7. The highest BCUT2D eigenvalue weighted by atomic mass is 16.5. The van der Waals surface area contributed by atoms with Crippen molar-refractivity contribution in [1.82, 2.24) is 9.88 Å². The molecule has 2 aromatic carbocycles. The monoisotopic (exact) mass is 404 g/mol. The molecule has 0 aliphatic carbocycles. The van der Waals surface area contributed by atoms with Crippen molar-refractivity contribution in [2.75, 3.05) is 19.7 Å². The van der Waals surface area contributed by atoms with Gasteiger partial charge in [-0.3, -0.25) is 9.78 Å². The third-order valence-electron chi connectivity index (χ3n) is 5.58. The Labute approximate surface area is 177 Å².